The van der Waals surface area contributed by atoms with Gasteiger partial charge in [0.05, 0.1) is 5.69 Å². The lowest BCUT2D eigenvalue weighted by molar-refractivity contribution is 0.510. The summed E-state index contributed by atoms with van der Waals surface area (Å²) in [6.07, 6.45) is 6.19. The fourth-order valence-corrected chi connectivity index (χ4v) is 3.54. The summed E-state index contributed by atoms with van der Waals surface area (Å²) in [4.78, 5) is 10.6. The van der Waals surface area contributed by atoms with Gasteiger partial charge in [-0.1, -0.05) is 13.8 Å². The highest BCUT2D eigenvalue weighted by molar-refractivity contribution is 7.15. The van der Waals surface area contributed by atoms with Crippen molar-refractivity contribution >= 4 is 11.3 Å². The van der Waals surface area contributed by atoms with Gasteiger partial charge in [0.2, 0.25) is 0 Å². The summed E-state index contributed by atoms with van der Waals surface area (Å²) in [5, 5.41) is 1.06. The van der Waals surface area contributed by atoms with Crippen LogP contribution in [-0.4, -0.2) is 14.5 Å². The van der Waals surface area contributed by atoms with E-state index in [4.69, 9.17) is 4.98 Å². The van der Waals surface area contributed by atoms with Crippen LogP contribution in [0.3, 0.4) is 0 Å². The van der Waals surface area contributed by atoms with Gasteiger partial charge in [-0.25, -0.2) is 9.97 Å². The normalized spacial score (nSPS) is 17.7. The minimum Gasteiger partial charge on any atom is -0.332 e. The highest BCUT2D eigenvalue weighted by atomic mass is 32.1. The van der Waals surface area contributed by atoms with Gasteiger partial charge >= 0.3 is 0 Å². The van der Waals surface area contributed by atoms with Crippen molar-refractivity contribution in [3.63, 3.8) is 0 Å². The minimum absolute atomic E-state index is 0.245. The minimum atomic E-state index is 0.245. The quantitative estimate of drug-likeness (QED) is 0.758. The van der Waals surface area contributed by atoms with Crippen LogP contribution in [0.2, 0.25) is 0 Å². The molecule has 16 heavy (non-hydrogen) atoms. The van der Waals surface area contributed by atoms with Gasteiger partial charge < -0.3 is 4.57 Å². The summed E-state index contributed by atoms with van der Waals surface area (Å²) < 4.78 is 2.03. The first-order valence-electron chi connectivity index (χ1n) is 5.56. The Labute approximate surface area is 99.2 Å². The lowest BCUT2D eigenvalue weighted by atomic mass is 9.91. The molecular formula is C12H15N3S. The number of nitrogens with zero attached hydrogens (tertiary/aromatic N) is 3. The van der Waals surface area contributed by atoms with Crippen molar-refractivity contribution in [2.75, 3.05) is 0 Å². The van der Waals surface area contributed by atoms with E-state index >= 15 is 0 Å². The topological polar surface area (TPSA) is 30.7 Å². The van der Waals surface area contributed by atoms with Crippen LogP contribution in [0.4, 0.5) is 0 Å². The fraction of sp³-hybridized carbons (Fsp3) is 0.500. The zero-order chi connectivity index (χ0) is 11.3. The molecule has 4 heteroatoms. The van der Waals surface area contributed by atoms with Crippen LogP contribution in [0, 0.1) is 0 Å². The van der Waals surface area contributed by atoms with Gasteiger partial charge in [0.1, 0.15) is 0 Å². The third-order valence-corrected chi connectivity index (χ3v) is 4.44. The highest BCUT2D eigenvalue weighted by Gasteiger charge is 2.34. The molecule has 0 bridgehead atoms. The van der Waals surface area contributed by atoms with Gasteiger partial charge in [-0.2, -0.15) is 0 Å². The molecule has 0 atom stereocenters. The van der Waals surface area contributed by atoms with Gasteiger partial charge in [0.25, 0.3) is 0 Å². The van der Waals surface area contributed by atoms with E-state index in [-0.39, 0.29) is 5.41 Å². The third-order valence-electron chi connectivity index (χ3n) is 3.33. The lowest BCUT2D eigenvalue weighted by Crippen LogP contribution is -2.12. The van der Waals surface area contributed by atoms with E-state index in [0.29, 0.717) is 0 Å². The van der Waals surface area contributed by atoms with Crippen LogP contribution in [-0.2, 0) is 18.9 Å². The average molecular weight is 233 g/mol. The number of imidazole rings is 1. The second kappa shape index (κ2) is 3.17. The van der Waals surface area contributed by atoms with Gasteiger partial charge in [0, 0.05) is 29.7 Å². The molecule has 0 aliphatic heterocycles. The maximum Gasteiger partial charge on any atom is 0.168 e. The predicted octanol–water partition coefficient (Wildman–Crippen LogP) is 2.77. The van der Waals surface area contributed by atoms with Crippen LogP contribution in [0.5, 0.6) is 0 Å². The number of thiazole rings is 1. The molecule has 0 spiro atoms. The van der Waals surface area contributed by atoms with E-state index < -0.39 is 0 Å². The second-order valence-corrected chi connectivity index (χ2v) is 6.12. The molecule has 0 fully saturated rings. The Kier molecular flexibility index (Phi) is 1.98. The van der Waals surface area contributed by atoms with E-state index in [0.717, 1.165) is 10.8 Å². The molecule has 0 aromatic carbocycles. The zero-order valence-electron chi connectivity index (χ0n) is 9.82. The van der Waals surface area contributed by atoms with Crippen molar-refractivity contribution in [2.24, 2.45) is 7.05 Å². The molecule has 2 heterocycles. The van der Waals surface area contributed by atoms with Crippen molar-refractivity contribution < 1.29 is 0 Å². The maximum atomic E-state index is 4.78. The summed E-state index contributed by atoms with van der Waals surface area (Å²) in [5.41, 5.74) is 1.53. The van der Waals surface area contributed by atoms with Crippen molar-refractivity contribution in [1.29, 1.82) is 0 Å². The molecule has 0 saturated heterocycles. The number of hydrogen-bond acceptors (Lipinski definition) is 3. The summed E-state index contributed by atoms with van der Waals surface area (Å²) in [6, 6.07) is 0. The zero-order valence-corrected chi connectivity index (χ0v) is 10.6. The van der Waals surface area contributed by atoms with Crippen molar-refractivity contribution in [3.8, 4) is 10.8 Å². The molecular weight excluding hydrogens is 218 g/mol. The van der Waals surface area contributed by atoms with Gasteiger partial charge in [-0.3, -0.25) is 0 Å². The van der Waals surface area contributed by atoms with Crippen LogP contribution in [0.1, 0.15) is 30.8 Å². The first-order chi connectivity index (χ1) is 7.58. The Bertz CT molecular complexity index is 536. The Morgan fingerprint density at radius 2 is 2.25 bits per heavy atom. The Hall–Kier alpha value is -1.16. The van der Waals surface area contributed by atoms with E-state index in [1.807, 2.05) is 24.0 Å². The molecule has 1 aliphatic rings. The van der Waals surface area contributed by atoms with Crippen LogP contribution >= 0.6 is 11.3 Å². The number of aryl methyl sites for hydroxylation is 2. The second-order valence-electron chi connectivity index (χ2n) is 5.04. The van der Waals surface area contributed by atoms with Gasteiger partial charge in [-0.15, -0.1) is 11.3 Å². The molecule has 0 amide bonds. The van der Waals surface area contributed by atoms with Gasteiger partial charge in [-0.05, 0) is 12.8 Å². The molecule has 2 aromatic heterocycles. The molecule has 0 saturated carbocycles. The lowest BCUT2D eigenvalue weighted by Gasteiger charge is -2.15. The molecule has 0 N–H and O–H groups in total. The molecule has 0 unspecified atom stereocenters. The highest BCUT2D eigenvalue weighted by Crippen LogP contribution is 2.42. The first-order valence-corrected chi connectivity index (χ1v) is 6.37. The van der Waals surface area contributed by atoms with Gasteiger partial charge in [0.15, 0.2) is 10.8 Å². The van der Waals surface area contributed by atoms with Crippen LogP contribution < -0.4 is 0 Å². The SMILES string of the molecule is Cn1ccnc1-c1nc2c(s1)CCC2(C)C. The molecule has 3 nitrogen and oxygen atoms in total. The smallest absolute Gasteiger partial charge is 0.168 e. The molecule has 0 radical (unpaired) electrons. The largest absolute Gasteiger partial charge is 0.332 e. The number of rotatable bonds is 1. The first kappa shape index (κ1) is 10.0. The monoisotopic (exact) mass is 233 g/mol. The summed E-state index contributed by atoms with van der Waals surface area (Å²) in [5.74, 6) is 0.982. The Morgan fingerprint density at radius 3 is 2.88 bits per heavy atom. The molecule has 1 aliphatic carbocycles. The van der Waals surface area contributed by atoms with Crippen molar-refractivity contribution in [2.45, 2.75) is 32.1 Å². The summed E-state index contributed by atoms with van der Waals surface area (Å²) in [7, 11) is 2.01. The van der Waals surface area contributed by atoms with Crippen molar-refractivity contribution in [1.82, 2.24) is 14.5 Å². The van der Waals surface area contributed by atoms with E-state index in [2.05, 4.69) is 18.8 Å². The van der Waals surface area contributed by atoms with E-state index in [1.165, 1.54) is 23.4 Å². The summed E-state index contributed by atoms with van der Waals surface area (Å²) in [6.45, 7) is 4.56. The summed E-state index contributed by atoms with van der Waals surface area (Å²) >= 11 is 1.80. The number of fused-ring (bicyclic) bond motifs is 1. The number of aromatic nitrogens is 3. The van der Waals surface area contributed by atoms with E-state index in [9.17, 15) is 0 Å². The maximum absolute atomic E-state index is 4.78. The fourth-order valence-electron chi connectivity index (χ4n) is 2.26. The van der Waals surface area contributed by atoms with Crippen LogP contribution in [0.25, 0.3) is 10.8 Å². The molecule has 3 rings (SSSR count). The van der Waals surface area contributed by atoms with Crippen LogP contribution in [0.15, 0.2) is 12.4 Å². The number of hydrogen-bond donors (Lipinski definition) is 0. The van der Waals surface area contributed by atoms with E-state index in [1.54, 1.807) is 11.3 Å². The Balaban J connectivity index is 2.11. The average Bonchev–Trinajstić information content (AvgIpc) is 2.84. The molecule has 2 aromatic rings. The Morgan fingerprint density at radius 1 is 1.44 bits per heavy atom. The third kappa shape index (κ3) is 1.33. The standard InChI is InChI=1S/C12H15N3S/c1-12(2)5-4-8-9(12)14-11(16-8)10-13-6-7-15(10)3/h6-7H,4-5H2,1-3H3. The van der Waals surface area contributed by atoms with Crippen molar-refractivity contribution in [3.05, 3.63) is 23.0 Å². The molecule has 84 valence electrons. The predicted molar refractivity (Wildman–Crippen MR) is 65.7 cm³/mol.